The molecule has 1 saturated heterocycles. The van der Waals surface area contributed by atoms with Crippen molar-refractivity contribution in [3.63, 3.8) is 0 Å². The molecule has 1 N–H and O–H groups in total. The summed E-state index contributed by atoms with van der Waals surface area (Å²) in [5.74, 6) is 3.21. The summed E-state index contributed by atoms with van der Waals surface area (Å²) in [6, 6.07) is 0. The van der Waals surface area contributed by atoms with Gasteiger partial charge in [0.2, 0.25) is 5.89 Å². The monoisotopic (exact) mass is 451 g/mol. The lowest BCUT2D eigenvalue weighted by molar-refractivity contribution is 0.181. The van der Waals surface area contributed by atoms with Gasteiger partial charge in [-0.25, -0.2) is 0 Å². The van der Waals surface area contributed by atoms with Gasteiger partial charge in [0, 0.05) is 45.0 Å². The number of nitrogens with one attached hydrogen (secondary N) is 1. The van der Waals surface area contributed by atoms with Crippen molar-refractivity contribution in [3.05, 3.63) is 11.7 Å². The Labute approximate surface area is 161 Å². The molecule has 1 atom stereocenters. The second kappa shape index (κ2) is 10.9. The van der Waals surface area contributed by atoms with Gasteiger partial charge in [0.15, 0.2) is 11.8 Å². The summed E-state index contributed by atoms with van der Waals surface area (Å²) in [6.45, 7) is 10.4. The average Bonchev–Trinajstić information content (AvgIpc) is 3.17. The number of hydrogen-bond acceptors (Lipinski definition) is 5. The van der Waals surface area contributed by atoms with Crippen LogP contribution in [0.3, 0.4) is 0 Å². The minimum atomic E-state index is 0. The van der Waals surface area contributed by atoms with Gasteiger partial charge in [-0.1, -0.05) is 19.0 Å². The molecule has 2 rings (SSSR count). The predicted octanol–water partition coefficient (Wildman–Crippen LogP) is 2.29. The van der Waals surface area contributed by atoms with E-state index in [2.05, 4.69) is 53.2 Å². The van der Waals surface area contributed by atoms with Crippen LogP contribution in [0.25, 0.3) is 0 Å². The first-order chi connectivity index (χ1) is 11.1. The zero-order valence-corrected chi connectivity index (χ0v) is 17.4. The smallest absolute Gasteiger partial charge is 0.228 e. The molecular weight excluding hydrogens is 421 g/mol. The zero-order chi connectivity index (χ0) is 16.7. The first-order valence-electron chi connectivity index (χ1n) is 8.49. The lowest BCUT2D eigenvalue weighted by atomic mass is 10.1. The molecule has 0 aliphatic carbocycles. The number of halogens is 1. The van der Waals surface area contributed by atoms with Crippen LogP contribution >= 0.6 is 24.0 Å². The molecule has 0 spiro atoms. The summed E-state index contributed by atoms with van der Waals surface area (Å²) in [4.78, 5) is 11.2. The Morgan fingerprint density at radius 3 is 2.83 bits per heavy atom. The largest absolute Gasteiger partial charge is 0.381 e. The van der Waals surface area contributed by atoms with E-state index in [1.165, 1.54) is 0 Å². The van der Waals surface area contributed by atoms with E-state index in [-0.39, 0.29) is 29.9 Å². The summed E-state index contributed by atoms with van der Waals surface area (Å²) in [7, 11) is 2.07. The van der Waals surface area contributed by atoms with E-state index in [0.717, 1.165) is 44.5 Å². The van der Waals surface area contributed by atoms with Crippen LogP contribution < -0.4 is 5.32 Å². The molecule has 0 amide bonds. The Bertz CT molecular complexity index is 500. The van der Waals surface area contributed by atoms with Gasteiger partial charge in [-0.05, 0) is 13.3 Å². The topological polar surface area (TPSA) is 75.8 Å². The molecule has 1 aromatic rings. The SMILES string of the molecule is CCNC(=NCCc1nc(C(C)C)no1)N(C)CC1CCOC1.I. The Kier molecular flexibility index (Phi) is 9.57. The van der Waals surface area contributed by atoms with Gasteiger partial charge in [-0.3, -0.25) is 4.99 Å². The summed E-state index contributed by atoms with van der Waals surface area (Å²) in [5.41, 5.74) is 0. The van der Waals surface area contributed by atoms with Crippen molar-refractivity contribution in [2.24, 2.45) is 10.9 Å². The molecule has 0 aromatic carbocycles. The van der Waals surface area contributed by atoms with Gasteiger partial charge in [-0.2, -0.15) is 4.98 Å². The predicted molar refractivity (Wildman–Crippen MR) is 105 cm³/mol. The molecule has 1 aromatic heterocycles. The second-order valence-corrected chi connectivity index (χ2v) is 6.30. The second-order valence-electron chi connectivity index (χ2n) is 6.30. The van der Waals surface area contributed by atoms with Crippen LogP contribution in [-0.4, -0.2) is 60.9 Å². The maximum atomic E-state index is 5.44. The van der Waals surface area contributed by atoms with Crippen molar-refractivity contribution in [2.75, 3.05) is 39.9 Å². The normalized spacial score (nSPS) is 17.9. The quantitative estimate of drug-likeness (QED) is 0.390. The average molecular weight is 451 g/mol. The van der Waals surface area contributed by atoms with Crippen molar-refractivity contribution in [3.8, 4) is 0 Å². The van der Waals surface area contributed by atoms with Crippen LogP contribution in [-0.2, 0) is 11.2 Å². The molecule has 1 unspecified atom stereocenters. The highest BCUT2D eigenvalue weighted by molar-refractivity contribution is 14.0. The molecule has 7 nitrogen and oxygen atoms in total. The Hall–Kier alpha value is -0.900. The Morgan fingerprint density at radius 2 is 2.25 bits per heavy atom. The molecule has 8 heteroatoms. The molecule has 0 radical (unpaired) electrons. The molecule has 24 heavy (non-hydrogen) atoms. The van der Waals surface area contributed by atoms with Gasteiger partial charge < -0.3 is 19.5 Å². The summed E-state index contributed by atoms with van der Waals surface area (Å²) >= 11 is 0. The van der Waals surface area contributed by atoms with Gasteiger partial charge in [0.25, 0.3) is 0 Å². The third kappa shape index (κ3) is 6.54. The van der Waals surface area contributed by atoms with Crippen molar-refractivity contribution < 1.29 is 9.26 Å². The lowest BCUT2D eigenvalue weighted by Gasteiger charge is -2.24. The maximum absolute atomic E-state index is 5.44. The van der Waals surface area contributed by atoms with Crippen LogP contribution in [0.15, 0.2) is 9.52 Å². The van der Waals surface area contributed by atoms with Crippen LogP contribution in [0.2, 0.25) is 0 Å². The van der Waals surface area contributed by atoms with E-state index in [4.69, 9.17) is 9.26 Å². The maximum Gasteiger partial charge on any atom is 0.228 e. The Balaban J connectivity index is 0.00000288. The van der Waals surface area contributed by atoms with E-state index in [1.807, 2.05) is 0 Å². The third-order valence-electron chi connectivity index (χ3n) is 3.84. The van der Waals surface area contributed by atoms with Crippen LogP contribution in [0.4, 0.5) is 0 Å². The molecule has 1 aliphatic heterocycles. The highest BCUT2D eigenvalue weighted by Crippen LogP contribution is 2.13. The first-order valence-corrected chi connectivity index (χ1v) is 8.49. The van der Waals surface area contributed by atoms with Gasteiger partial charge in [0.05, 0.1) is 13.2 Å². The van der Waals surface area contributed by atoms with E-state index in [1.54, 1.807) is 0 Å². The first kappa shape index (κ1) is 21.1. The number of ether oxygens (including phenoxy) is 1. The molecule has 0 saturated carbocycles. The van der Waals surface area contributed by atoms with E-state index < -0.39 is 0 Å². The fourth-order valence-electron chi connectivity index (χ4n) is 2.53. The van der Waals surface area contributed by atoms with Crippen LogP contribution in [0.5, 0.6) is 0 Å². The summed E-state index contributed by atoms with van der Waals surface area (Å²) < 4.78 is 10.7. The van der Waals surface area contributed by atoms with E-state index in [0.29, 0.717) is 24.8 Å². The molecule has 0 bridgehead atoms. The molecular formula is C16H30IN5O2. The fourth-order valence-corrected chi connectivity index (χ4v) is 2.53. The van der Waals surface area contributed by atoms with Gasteiger partial charge in [0.1, 0.15) is 0 Å². The van der Waals surface area contributed by atoms with Crippen molar-refractivity contribution in [2.45, 2.75) is 39.5 Å². The fraction of sp³-hybridized carbons (Fsp3) is 0.812. The van der Waals surface area contributed by atoms with Crippen molar-refractivity contribution in [1.29, 1.82) is 0 Å². The van der Waals surface area contributed by atoms with Gasteiger partial charge >= 0.3 is 0 Å². The van der Waals surface area contributed by atoms with Crippen LogP contribution in [0.1, 0.15) is 44.8 Å². The number of nitrogens with zero attached hydrogens (tertiary/aromatic N) is 4. The van der Waals surface area contributed by atoms with Gasteiger partial charge in [-0.15, -0.1) is 24.0 Å². The number of aromatic nitrogens is 2. The third-order valence-corrected chi connectivity index (χ3v) is 3.84. The summed E-state index contributed by atoms with van der Waals surface area (Å²) in [5, 5.41) is 7.31. The minimum absolute atomic E-state index is 0. The highest BCUT2D eigenvalue weighted by Gasteiger charge is 2.19. The number of rotatable bonds is 7. The standard InChI is InChI=1S/C16H29N5O2.HI/c1-5-17-16(21(4)10-13-7-9-22-11-13)18-8-6-14-19-15(12(2)3)20-23-14;/h12-13H,5-11H2,1-4H3,(H,17,18);1H. The zero-order valence-electron chi connectivity index (χ0n) is 15.1. The molecule has 1 aliphatic rings. The minimum Gasteiger partial charge on any atom is -0.381 e. The molecule has 138 valence electrons. The van der Waals surface area contributed by atoms with Crippen molar-refractivity contribution in [1.82, 2.24) is 20.4 Å². The summed E-state index contributed by atoms with van der Waals surface area (Å²) in [6.07, 6.45) is 1.79. The number of guanidine groups is 1. The number of hydrogen-bond donors (Lipinski definition) is 1. The van der Waals surface area contributed by atoms with Crippen molar-refractivity contribution >= 4 is 29.9 Å². The molecule has 1 fully saturated rings. The van der Waals surface area contributed by atoms with E-state index >= 15 is 0 Å². The molecule has 2 heterocycles. The van der Waals surface area contributed by atoms with Crippen LogP contribution in [0, 0.1) is 5.92 Å². The van der Waals surface area contributed by atoms with E-state index in [9.17, 15) is 0 Å². The Morgan fingerprint density at radius 1 is 1.46 bits per heavy atom. The highest BCUT2D eigenvalue weighted by atomic mass is 127. The lowest BCUT2D eigenvalue weighted by Crippen LogP contribution is -2.41. The number of aliphatic imine (C=N–C) groups is 1.